The Morgan fingerprint density at radius 3 is 2.88 bits per heavy atom. The van der Waals surface area contributed by atoms with Gasteiger partial charge in [-0.3, -0.25) is 0 Å². The monoisotopic (exact) mass is 220 g/mol. The van der Waals surface area contributed by atoms with Crippen LogP contribution in [0, 0.1) is 0 Å². The van der Waals surface area contributed by atoms with E-state index in [1.807, 2.05) is 20.2 Å². The van der Waals surface area contributed by atoms with Gasteiger partial charge in [0.05, 0.1) is 0 Å². The van der Waals surface area contributed by atoms with Crippen LogP contribution < -0.4 is 10.2 Å². The van der Waals surface area contributed by atoms with E-state index >= 15 is 0 Å². The van der Waals surface area contributed by atoms with E-state index in [0.29, 0.717) is 11.8 Å². The number of aromatic hydroxyl groups is 1. The zero-order valence-electron chi connectivity index (χ0n) is 10.0. The van der Waals surface area contributed by atoms with Crippen molar-refractivity contribution in [3.05, 3.63) is 23.8 Å². The van der Waals surface area contributed by atoms with Gasteiger partial charge in [-0.1, -0.05) is 0 Å². The van der Waals surface area contributed by atoms with Gasteiger partial charge in [-0.15, -0.1) is 0 Å². The smallest absolute Gasteiger partial charge is 0.118 e. The lowest BCUT2D eigenvalue weighted by molar-refractivity contribution is 0.462. The number of nitrogens with zero attached hydrogens (tertiary/aromatic N) is 1. The van der Waals surface area contributed by atoms with Crippen molar-refractivity contribution < 1.29 is 5.11 Å². The molecule has 1 aromatic rings. The first-order valence-electron chi connectivity index (χ1n) is 5.89. The first-order chi connectivity index (χ1) is 7.66. The molecule has 2 N–H and O–H groups in total. The van der Waals surface area contributed by atoms with Crippen LogP contribution in [0.1, 0.15) is 18.4 Å². The fraction of sp³-hybridized carbons (Fsp3) is 0.538. The molecule has 1 aliphatic heterocycles. The minimum Gasteiger partial charge on any atom is -0.508 e. The van der Waals surface area contributed by atoms with E-state index in [1.54, 1.807) is 6.07 Å². The van der Waals surface area contributed by atoms with E-state index in [-0.39, 0.29) is 0 Å². The minimum absolute atomic E-state index is 0.416. The van der Waals surface area contributed by atoms with Crippen LogP contribution in [-0.2, 0) is 6.42 Å². The Morgan fingerprint density at radius 1 is 1.44 bits per heavy atom. The van der Waals surface area contributed by atoms with Crippen molar-refractivity contribution in [3.8, 4) is 5.75 Å². The van der Waals surface area contributed by atoms with E-state index < -0.39 is 0 Å². The summed E-state index contributed by atoms with van der Waals surface area (Å²) >= 11 is 0. The van der Waals surface area contributed by atoms with Crippen LogP contribution in [0.15, 0.2) is 18.2 Å². The Balaban J connectivity index is 2.14. The van der Waals surface area contributed by atoms with Crippen molar-refractivity contribution in [1.29, 1.82) is 0 Å². The highest BCUT2D eigenvalue weighted by Crippen LogP contribution is 2.25. The predicted octanol–water partition coefficient (Wildman–Crippen LogP) is 1.75. The number of hydrogen-bond donors (Lipinski definition) is 2. The van der Waals surface area contributed by atoms with Crippen LogP contribution in [0.2, 0.25) is 0 Å². The summed E-state index contributed by atoms with van der Waals surface area (Å²) in [4.78, 5) is 2.06. The largest absolute Gasteiger partial charge is 0.508 e. The normalized spacial score (nSPS) is 20.0. The van der Waals surface area contributed by atoms with E-state index in [0.717, 1.165) is 24.2 Å². The van der Waals surface area contributed by atoms with Gasteiger partial charge in [0, 0.05) is 25.8 Å². The molecule has 3 heteroatoms. The molecule has 1 unspecified atom stereocenters. The second-order valence-electron chi connectivity index (χ2n) is 4.70. The molecule has 1 saturated heterocycles. The molecule has 1 fully saturated rings. The molecule has 0 aliphatic carbocycles. The molecule has 2 rings (SSSR count). The highest BCUT2D eigenvalue weighted by molar-refractivity contribution is 5.52. The molecule has 16 heavy (non-hydrogen) atoms. The van der Waals surface area contributed by atoms with Gasteiger partial charge in [-0.25, -0.2) is 0 Å². The molecule has 0 bridgehead atoms. The Bertz CT molecular complexity index is 357. The van der Waals surface area contributed by atoms with E-state index in [2.05, 4.69) is 16.3 Å². The Hall–Kier alpha value is -1.22. The number of nitrogens with one attached hydrogen (secondary N) is 1. The molecule has 1 heterocycles. The standard InChI is InChI=1S/C13H20N2O/c1-15(2)12-5-6-13(16)10(9-12)8-11-4-3-7-14-11/h5-6,9,11,14,16H,3-4,7-8H2,1-2H3. The maximum absolute atomic E-state index is 9.83. The summed E-state index contributed by atoms with van der Waals surface area (Å²) in [5, 5.41) is 13.3. The lowest BCUT2D eigenvalue weighted by Crippen LogP contribution is -2.23. The lowest BCUT2D eigenvalue weighted by atomic mass is 10.0. The summed E-state index contributed by atoms with van der Waals surface area (Å²) < 4.78 is 0. The second kappa shape index (κ2) is 4.74. The van der Waals surface area contributed by atoms with Crippen LogP contribution in [-0.4, -0.2) is 31.8 Å². The number of anilines is 1. The van der Waals surface area contributed by atoms with E-state index in [4.69, 9.17) is 0 Å². The molecule has 1 aromatic carbocycles. The summed E-state index contributed by atoms with van der Waals surface area (Å²) in [5.41, 5.74) is 2.19. The second-order valence-corrected chi connectivity index (χ2v) is 4.70. The van der Waals surface area contributed by atoms with E-state index in [1.165, 1.54) is 12.8 Å². The quantitative estimate of drug-likeness (QED) is 0.814. The lowest BCUT2D eigenvalue weighted by Gasteiger charge is -2.16. The molecular weight excluding hydrogens is 200 g/mol. The third-order valence-electron chi connectivity index (χ3n) is 3.21. The van der Waals surface area contributed by atoms with Gasteiger partial charge in [0.15, 0.2) is 0 Å². The van der Waals surface area contributed by atoms with Crippen molar-refractivity contribution >= 4 is 5.69 Å². The fourth-order valence-electron chi connectivity index (χ4n) is 2.21. The fourth-order valence-corrected chi connectivity index (χ4v) is 2.21. The van der Waals surface area contributed by atoms with E-state index in [9.17, 15) is 5.11 Å². The minimum atomic E-state index is 0.416. The SMILES string of the molecule is CN(C)c1ccc(O)c(CC2CCCN2)c1. The van der Waals surface area contributed by atoms with Gasteiger partial charge in [-0.05, 0) is 49.6 Å². The summed E-state index contributed by atoms with van der Waals surface area (Å²) in [7, 11) is 4.04. The molecule has 1 aliphatic rings. The molecule has 0 spiro atoms. The summed E-state index contributed by atoms with van der Waals surface area (Å²) in [6, 6.07) is 6.35. The van der Waals surface area contributed by atoms with Gasteiger partial charge in [0.1, 0.15) is 5.75 Å². The molecule has 0 aromatic heterocycles. The van der Waals surface area contributed by atoms with Crippen molar-refractivity contribution in [2.75, 3.05) is 25.5 Å². The number of hydrogen-bond acceptors (Lipinski definition) is 3. The summed E-state index contributed by atoms with van der Waals surface area (Å²) in [6.07, 6.45) is 3.39. The molecule has 88 valence electrons. The van der Waals surface area contributed by atoms with Crippen molar-refractivity contribution in [2.45, 2.75) is 25.3 Å². The van der Waals surface area contributed by atoms with Gasteiger partial charge < -0.3 is 15.3 Å². The van der Waals surface area contributed by atoms with Crippen LogP contribution in [0.3, 0.4) is 0 Å². The van der Waals surface area contributed by atoms with Crippen LogP contribution >= 0.6 is 0 Å². The Labute approximate surface area is 97.1 Å². The average Bonchev–Trinajstić information content (AvgIpc) is 2.73. The maximum atomic E-state index is 9.83. The van der Waals surface area contributed by atoms with Crippen molar-refractivity contribution in [3.63, 3.8) is 0 Å². The van der Waals surface area contributed by atoms with Crippen LogP contribution in [0.25, 0.3) is 0 Å². The zero-order chi connectivity index (χ0) is 11.5. The van der Waals surface area contributed by atoms with Gasteiger partial charge in [-0.2, -0.15) is 0 Å². The average molecular weight is 220 g/mol. The van der Waals surface area contributed by atoms with Crippen molar-refractivity contribution in [1.82, 2.24) is 5.32 Å². The Morgan fingerprint density at radius 2 is 2.25 bits per heavy atom. The summed E-state index contributed by atoms with van der Waals surface area (Å²) in [6.45, 7) is 1.11. The zero-order valence-corrected chi connectivity index (χ0v) is 10.0. The van der Waals surface area contributed by atoms with Crippen LogP contribution in [0.4, 0.5) is 5.69 Å². The maximum Gasteiger partial charge on any atom is 0.118 e. The van der Waals surface area contributed by atoms with Crippen LogP contribution in [0.5, 0.6) is 5.75 Å². The summed E-state index contributed by atoms with van der Waals surface area (Å²) in [5.74, 6) is 0.416. The van der Waals surface area contributed by atoms with Crippen molar-refractivity contribution in [2.24, 2.45) is 0 Å². The molecule has 3 nitrogen and oxygen atoms in total. The van der Waals surface area contributed by atoms with Gasteiger partial charge >= 0.3 is 0 Å². The Kier molecular flexibility index (Phi) is 3.34. The van der Waals surface area contributed by atoms with Gasteiger partial charge in [0.2, 0.25) is 0 Å². The third-order valence-corrected chi connectivity index (χ3v) is 3.21. The number of benzene rings is 1. The number of phenolic OH excluding ortho intramolecular Hbond substituents is 1. The van der Waals surface area contributed by atoms with Gasteiger partial charge in [0.25, 0.3) is 0 Å². The first-order valence-corrected chi connectivity index (χ1v) is 5.89. The molecule has 0 radical (unpaired) electrons. The first kappa shape index (κ1) is 11.3. The highest BCUT2D eigenvalue weighted by Gasteiger charge is 2.16. The molecule has 0 amide bonds. The number of phenols is 1. The topological polar surface area (TPSA) is 35.5 Å². The molecular formula is C13H20N2O. The highest BCUT2D eigenvalue weighted by atomic mass is 16.3. The molecule has 0 saturated carbocycles. The number of rotatable bonds is 3. The predicted molar refractivity (Wildman–Crippen MR) is 67.2 cm³/mol. The molecule has 1 atom stereocenters. The third kappa shape index (κ3) is 2.47.